The van der Waals surface area contributed by atoms with Gasteiger partial charge < -0.3 is 10.1 Å². The highest BCUT2D eigenvalue weighted by molar-refractivity contribution is 5.91. The van der Waals surface area contributed by atoms with Gasteiger partial charge in [0, 0.05) is 13.1 Å². The number of hydrogen-bond donors (Lipinski definition) is 1. The molecule has 0 atom stereocenters. The Bertz CT molecular complexity index is 641. The molecule has 0 aliphatic carbocycles. The van der Waals surface area contributed by atoms with Gasteiger partial charge in [0.2, 0.25) is 5.91 Å². The van der Waals surface area contributed by atoms with Crippen molar-refractivity contribution in [1.82, 2.24) is 9.78 Å². The molecule has 0 spiro atoms. The lowest BCUT2D eigenvalue weighted by atomic mass is 10.1. The minimum atomic E-state index is -2.67. The Labute approximate surface area is 120 Å². The van der Waals surface area contributed by atoms with Crippen molar-refractivity contribution in [2.45, 2.75) is 12.8 Å². The molecule has 5 nitrogen and oxygen atoms in total. The van der Waals surface area contributed by atoms with Gasteiger partial charge in [0.05, 0.1) is 13.5 Å². The average molecular weight is 295 g/mol. The fraction of sp³-hybridized carbons (Fsp3) is 0.286. The summed E-state index contributed by atoms with van der Waals surface area (Å²) in [4.78, 5) is 11.9. The van der Waals surface area contributed by atoms with Crippen LogP contribution in [0.25, 0.3) is 0 Å². The molecule has 21 heavy (non-hydrogen) atoms. The maximum Gasteiger partial charge on any atom is 0.282 e. The van der Waals surface area contributed by atoms with Crippen LogP contribution in [0.5, 0.6) is 5.75 Å². The number of rotatable bonds is 5. The molecule has 112 valence electrons. The van der Waals surface area contributed by atoms with E-state index in [1.165, 1.54) is 11.7 Å². The third-order valence-electron chi connectivity index (χ3n) is 2.89. The van der Waals surface area contributed by atoms with Crippen molar-refractivity contribution in [2.75, 3.05) is 12.4 Å². The predicted molar refractivity (Wildman–Crippen MR) is 73.5 cm³/mol. The molecule has 7 heteroatoms. The molecule has 1 heterocycles. The standard InChI is InChI=1S/C14H15F2N3O2/c1-19-12(8-11(18-19)14(15)16)17-13(20)7-9-4-3-5-10(6-9)21-2/h3-6,8,14H,7H2,1-2H3,(H,17,20). The van der Waals surface area contributed by atoms with Gasteiger partial charge in [-0.2, -0.15) is 5.10 Å². The van der Waals surface area contributed by atoms with Crippen LogP contribution in [0.1, 0.15) is 17.7 Å². The number of carbonyl (C=O) groups excluding carboxylic acids is 1. The minimum absolute atomic E-state index is 0.117. The molecule has 0 radical (unpaired) electrons. The first-order valence-electron chi connectivity index (χ1n) is 6.24. The number of nitrogens with zero attached hydrogens (tertiary/aromatic N) is 2. The number of nitrogens with one attached hydrogen (secondary N) is 1. The lowest BCUT2D eigenvalue weighted by molar-refractivity contribution is -0.115. The van der Waals surface area contributed by atoms with E-state index in [1.807, 2.05) is 0 Å². The van der Waals surface area contributed by atoms with Crippen LogP contribution in [-0.2, 0) is 18.3 Å². The lowest BCUT2D eigenvalue weighted by Crippen LogP contribution is -2.16. The summed E-state index contributed by atoms with van der Waals surface area (Å²) in [6.07, 6.45) is -2.55. The Hall–Kier alpha value is -2.44. The normalized spacial score (nSPS) is 10.7. The molecular weight excluding hydrogens is 280 g/mol. The first kappa shape index (κ1) is 15.0. The summed E-state index contributed by atoms with van der Waals surface area (Å²) >= 11 is 0. The Balaban J connectivity index is 2.04. The average Bonchev–Trinajstić information content (AvgIpc) is 2.80. The van der Waals surface area contributed by atoms with E-state index < -0.39 is 6.43 Å². The van der Waals surface area contributed by atoms with Crippen molar-refractivity contribution < 1.29 is 18.3 Å². The molecule has 0 aliphatic rings. The molecule has 0 bridgehead atoms. The third kappa shape index (κ3) is 3.77. The van der Waals surface area contributed by atoms with Gasteiger partial charge in [0.25, 0.3) is 6.43 Å². The summed E-state index contributed by atoms with van der Waals surface area (Å²) in [5.74, 6) is 0.575. The molecule has 1 amide bonds. The van der Waals surface area contributed by atoms with Crippen molar-refractivity contribution in [3.05, 3.63) is 41.6 Å². The van der Waals surface area contributed by atoms with Gasteiger partial charge in [-0.15, -0.1) is 0 Å². The van der Waals surface area contributed by atoms with Gasteiger partial charge in [0.1, 0.15) is 17.3 Å². The number of anilines is 1. The van der Waals surface area contributed by atoms with Gasteiger partial charge >= 0.3 is 0 Å². The van der Waals surface area contributed by atoms with Crippen LogP contribution in [0, 0.1) is 0 Å². The maximum atomic E-state index is 12.5. The SMILES string of the molecule is COc1cccc(CC(=O)Nc2cc(C(F)F)nn2C)c1. The van der Waals surface area contributed by atoms with E-state index in [0.29, 0.717) is 5.75 Å². The first-order valence-corrected chi connectivity index (χ1v) is 6.24. The number of hydrogen-bond acceptors (Lipinski definition) is 3. The predicted octanol–water partition coefficient (Wildman–Crippen LogP) is 2.55. The lowest BCUT2D eigenvalue weighted by Gasteiger charge is -2.06. The number of aromatic nitrogens is 2. The second-order valence-electron chi connectivity index (χ2n) is 4.46. The highest BCUT2D eigenvalue weighted by atomic mass is 19.3. The highest BCUT2D eigenvalue weighted by Crippen LogP contribution is 2.20. The Morgan fingerprint density at radius 2 is 2.19 bits per heavy atom. The number of benzene rings is 1. The van der Waals surface area contributed by atoms with Crippen LogP contribution in [0.2, 0.25) is 0 Å². The fourth-order valence-electron chi connectivity index (χ4n) is 1.87. The van der Waals surface area contributed by atoms with E-state index in [4.69, 9.17) is 4.74 Å². The number of methoxy groups -OCH3 is 1. The Kier molecular flexibility index (Phi) is 4.52. The number of alkyl halides is 2. The molecule has 2 rings (SSSR count). The molecule has 2 aromatic rings. The highest BCUT2D eigenvalue weighted by Gasteiger charge is 2.15. The molecule has 1 N–H and O–H groups in total. The van der Waals surface area contributed by atoms with Gasteiger partial charge in [0.15, 0.2) is 0 Å². The molecular formula is C14H15F2N3O2. The fourth-order valence-corrected chi connectivity index (χ4v) is 1.87. The van der Waals surface area contributed by atoms with Gasteiger partial charge in [-0.3, -0.25) is 9.48 Å². The van der Waals surface area contributed by atoms with Crippen LogP contribution in [0.15, 0.2) is 30.3 Å². The van der Waals surface area contributed by atoms with Crippen LogP contribution < -0.4 is 10.1 Å². The van der Waals surface area contributed by atoms with E-state index in [1.54, 1.807) is 31.4 Å². The first-order chi connectivity index (χ1) is 9.99. The summed E-state index contributed by atoms with van der Waals surface area (Å²) in [6.45, 7) is 0. The molecule has 0 saturated heterocycles. The maximum absolute atomic E-state index is 12.5. The molecule has 0 unspecified atom stereocenters. The van der Waals surface area contributed by atoms with E-state index in [0.717, 1.165) is 11.6 Å². The van der Waals surface area contributed by atoms with Crippen molar-refractivity contribution >= 4 is 11.7 Å². The van der Waals surface area contributed by atoms with Gasteiger partial charge in [-0.1, -0.05) is 12.1 Å². The Morgan fingerprint density at radius 1 is 1.43 bits per heavy atom. The second-order valence-corrected chi connectivity index (χ2v) is 4.46. The molecule has 1 aromatic heterocycles. The zero-order valence-electron chi connectivity index (χ0n) is 11.6. The number of halogens is 2. The van der Waals surface area contributed by atoms with E-state index in [9.17, 15) is 13.6 Å². The van der Waals surface area contributed by atoms with Crippen molar-refractivity contribution in [1.29, 1.82) is 0 Å². The summed E-state index contributed by atoms with van der Waals surface area (Å²) in [7, 11) is 3.04. The number of aryl methyl sites for hydroxylation is 1. The zero-order chi connectivity index (χ0) is 15.4. The van der Waals surface area contributed by atoms with Crippen LogP contribution in [-0.4, -0.2) is 22.8 Å². The number of ether oxygens (including phenoxy) is 1. The summed E-state index contributed by atoms with van der Waals surface area (Å²) in [6, 6.07) is 8.25. The summed E-state index contributed by atoms with van der Waals surface area (Å²) in [5.41, 5.74) is 0.400. The summed E-state index contributed by atoms with van der Waals surface area (Å²) in [5, 5.41) is 6.19. The van der Waals surface area contributed by atoms with Gasteiger partial charge in [-0.25, -0.2) is 8.78 Å². The second kappa shape index (κ2) is 6.34. The van der Waals surface area contributed by atoms with Crippen LogP contribution >= 0.6 is 0 Å². The molecule has 0 aliphatic heterocycles. The van der Waals surface area contributed by atoms with E-state index in [2.05, 4.69) is 10.4 Å². The van der Waals surface area contributed by atoms with Crippen molar-refractivity contribution in [2.24, 2.45) is 7.05 Å². The molecule has 1 aromatic carbocycles. The smallest absolute Gasteiger partial charge is 0.282 e. The van der Waals surface area contributed by atoms with Crippen LogP contribution in [0.3, 0.4) is 0 Å². The van der Waals surface area contributed by atoms with E-state index in [-0.39, 0.29) is 23.8 Å². The number of amides is 1. The topological polar surface area (TPSA) is 56.1 Å². The monoisotopic (exact) mass is 295 g/mol. The van der Waals surface area contributed by atoms with Crippen molar-refractivity contribution in [3.8, 4) is 5.75 Å². The summed E-state index contributed by atoms with van der Waals surface area (Å²) < 4.78 is 31.3. The van der Waals surface area contributed by atoms with E-state index >= 15 is 0 Å². The Morgan fingerprint density at radius 3 is 2.81 bits per heavy atom. The third-order valence-corrected chi connectivity index (χ3v) is 2.89. The minimum Gasteiger partial charge on any atom is -0.497 e. The largest absolute Gasteiger partial charge is 0.497 e. The van der Waals surface area contributed by atoms with Crippen LogP contribution in [0.4, 0.5) is 14.6 Å². The molecule has 0 fully saturated rings. The molecule has 0 saturated carbocycles. The van der Waals surface area contributed by atoms with Crippen molar-refractivity contribution in [3.63, 3.8) is 0 Å². The van der Waals surface area contributed by atoms with Gasteiger partial charge in [-0.05, 0) is 17.7 Å². The quantitative estimate of drug-likeness (QED) is 0.922. The number of carbonyl (C=O) groups is 1. The zero-order valence-corrected chi connectivity index (χ0v) is 11.6.